The smallest absolute Gasteiger partial charge is 0.123 e. The second kappa shape index (κ2) is 6.57. The fourth-order valence-corrected chi connectivity index (χ4v) is 3.47. The summed E-state index contributed by atoms with van der Waals surface area (Å²) >= 11 is 0. The second-order valence-corrected chi connectivity index (χ2v) is 6.42. The van der Waals surface area contributed by atoms with E-state index in [2.05, 4.69) is 38.7 Å². The minimum Gasteiger partial charge on any atom is -0.336 e. The predicted octanol–water partition coefficient (Wildman–Crippen LogP) is 3.65. The van der Waals surface area contributed by atoms with Crippen molar-refractivity contribution in [1.82, 2.24) is 14.5 Å². The molecule has 1 aromatic heterocycles. The molecule has 0 aliphatic carbocycles. The second-order valence-electron chi connectivity index (χ2n) is 6.42. The molecule has 0 spiro atoms. The van der Waals surface area contributed by atoms with Crippen molar-refractivity contribution in [2.45, 2.75) is 32.1 Å². The van der Waals surface area contributed by atoms with Gasteiger partial charge in [0.1, 0.15) is 5.82 Å². The Morgan fingerprint density at radius 3 is 2.58 bits per heavy atom. The highest BCUT2D eigenvalue weighted by Gasteiger charge is 2.26. The Morgan fingerprint density at radius 2 is 1.83 bits per heavy atom. The van der Waals surface area contributed by atoms with Crippen molar-refractivity contribution in [2.24, 2.45) is 0 Å². The van der Waals surface area contributed by atoms with Gasteiger partial charge in [0, 0.05) is 38.1 Å². The van der Waals surface area contributed by atoms with E-state index in [-0.39, 0.29) is 5.82 Å². The summed E-state index contributed by atoms with van der Waals surface area (Å²) in [6.07, 6.45) is 6.73. The van der Waals surface area contributed by atoms with Crippen LogP contribution in [0.5, 0.6) is 0 Å². The van der Waals surface area contributed by atoms with E-state index in [9.17, 15) is 4.39 Å². The predicted molar refractivity (Wildman–Crippen MR) is 91.8 cm³/mol. The Balaban J connectivity index is 1.59. The van der Waals surface area contributed by atoms with E-state index >= 15 is 0 Å². The maximum Gasteiger partial charge on any atom is 0.123 e. The van der Waals surface area contributed by atoms with Crippen LogP contribution in [0.2, 0.25) is 0 Å². The van der Waals surface area contributed by atoms with Crippen LogP contribution in [0.1, 0.15) is 16.7 Å². The first-order valence-corrected chi connectivity index (χ1v) is 8.29. The zero-order chi connectivity index (χ0) is 16.4. The van der Waals surface area contributed by atoms with E-state index in [0.717, 1.165) is 31.6 Å². The maximum atomic E-state index is 13.2. The summed E-state index contributed by atoms with van der Waals surface area (Å²) in [7, 11) is 0. The minimum absolute atomic E-state index is 0.183. The van der Waals surface area contributed by atoms with Crippen LogP contribution in [0.4, 0.5) is 4.39 Å². The maximum absolute atomic E-state index is 13.2. The molecular weight excluding hydrogens is 301 g/mol. The van der Waals surface area contributed by atoms with Crippen molar-refractivity contribution in [3.8, 4) is 0 Å². The normalized spacial score (nSPS) is 17.6. The monoisotopic (exact) mass is 321 g/mol. The van der Waals surface area contributed by atoms with Gasteiger partial charge < -0.3 is 4.57 Å². The summed E-state index contributed by atoms with van der Waals surface area (Å²) in [4.78, 5) is 6.64. The SMILES string of the molecule is Fc1ccc(CN2Cc3ccccc3CC2Cn2ccnc2)cc1. The lowest BCUT2D eigenvalue weighted by Crippen LogP contribution is -2.42. The summed E-state index contributed by atoms with van der Waals surface area (Å²) in [6, 6.07) is 15.9. The van der Waals surface area contributed by atoms with Crippen molar-refractivity contribution in [1.29, 1.82) is 0 Å². The molecule has 0 N–H and O–H groups in total. The molecule has 3 aromatic rings. The van der Waals surface area contributed by atoms with Crippen LogP contribution < -0.4 is 0 Å². The minimum atomic E-state index is -0.183. The number of fused-ring (bicyclic) bond motifs is 1. The molecule has 1 atom stereocenters. The largest absolute Gasteiger partial charge is 0.336 e. The molecule has 0 amide bonds. The number of rotatable bonds is 4. The number of hydrogen-bond acceptors (Lipinski definition) is 2. The average molecular weight is 321 g/mol. The number of hydrogen-bond donors (Lipinski definition) is 0. The first kappa shape index (κ1) is 15.1. The van der Waals surface area contributed by atoms with Gasteiger partial charge >= 0.3 is 0 Å². The molecule has 0 bridgehead atoms. The van der Waals surface area contributed by atoms with Crippen LogP contribution in [0.3, 0.4) is 0 Å². The first-order chi connectivity index (χ1) is 11.8. The molecule has 4 heteroatoms. The fraction of sp³-hybridized carbons (Fsp3) is 0.250. The summed E-state index contributed by atoms with van der Waals surface area (Å²) in [6.45, 7) is 2.66. The highest BCUT2D eigenvalue weighted by molar-refractivity contribution is 5.30. The summed E-state index contributed by atoms with van der Waals surface area (Å²) in [5, 5.41) is 0. The van der Waals surface area contributed by atoms with Crippen LogP contribution in [0.15, 0.2) is 67.3 Å². The van der Waals surface area contributed by atoms with Crippen LogP contribution in [-0.2, 0) is 26.1 Å². The lowest BCUT2D eigenvalue weighted by molar-refractivity contribution is 0.146. The first-order valence-electron chi connectivity index (χ1n) is 8.29. The number of benzene rings is 2. The third-order valence-electron chi connectivity index (χ3n) is 4.74. The molecular formula is C20H20FN3. The van der Waals surface area contributed by atoms with E-state index in [1.54, 1.807) is 0 Å². The molecule has 0 saturated heterocycles. The quantitative estimate of drug-likeness (QED) is 0.731. The van der Waals surface area contributed by atoms with Gasteiger partial charge in [-0.15, -0.1) is 0 Å². The van der Waals surface area contributed by atoms with Crippen molar-refractivity contribution >= 4 is 0 Å². The van der Waals surface area contributed by atoms with Gasteiger partial charge in [0.05, 0.1) is 6.33 Å². The third-order valence-corrected chi connectivity index (χ3v) is 4.74. The van der Waals surface area contributed by atoms with Crippen molar-refractivity contribution in [2.75, 3.05) is 0 Å². The van der Waals surface area contributed by atoms with Crippen LogP contribution in [0.25, 0.3) is 0 Å². The standard InChI is InChI=1S/C20H20FN3/c21-19-7-5-16(6-8-19)12-24-13-18-4-2-1-3-17(18)11-20(24)14-23-10-9-22-15-23/h1-10,15,20H,11-14H2. The number of halogens is 1. The molecule has 2 aromatic carbocycles. The summed E-state index contributed by atoms with van der Waals surface area (Å²) in [5.41, 5.74) is 3.96. The molecule has 4 rings (SSSR count). The van der Waals surface area contributed by atoms with Crippen LogP contribution >= 0.6 is 0 Å². The van der Waals surface area contributed by atoms with Crippen molar-refractivity contribution in [3.05, 3.63) is 89.8 Å². The fourth-order valence-electron chi connectivity index (χ4n) is 3.47. The Kier molecular flexibility index (Phi) is 4.13. The van der Waals surface area contributed by atoms with Gasteiger partial charge in [-0.3, -0.25) is 4.90 Å². The molecule has 1 aliphatic heterocycles. The van der Waals surface area contributed by atoms with E-state index in [1.807, 2.05) is 30.9 Å². The molecule has 1 unspecified atom stereocenters. The van der Waals surface area contributed by atoms with Gasteiger partial charge in [-0.2, -0.15) is 0 Å². The van der Waals surface area contributed by atoms with Gasteiger partial charge in [0.2, 0.25) is 0 Å². The zero-order valence-corrected chi connectivity index (χ0v) is 13.5. The Labute approximate surface area is 141 Å². The van der Waals surface area contributed by atoms with Gasteiger partial charge in [0.15, 0.2) is 0 Å². The van der Waals surface area contributed by atoms with E-state index in [1.165, 1.54) is 23.3 Å². The van der Waals surface area contributed by atoms with E-state index in [4.69, 9.17) is 0 Å². The summed E-state index contributed by atoms with van der Waals surface area (Å²) in [5.74, 6) is -0.183. The van der Waals surface area contributed by atoms with Crippen molar-refractivity contribution < 1.29 is 4.39 Å². The lowest BCUT2D eigenvalue weighted by Gasteiger charge is -2.37. The molecule has 24 heavy (non-hydrogen) atoms. The zero-order valence-electron chi connectivity index (χ0n) is 13.5. The van der Waals surface area contributed by atoms with Gasteiger partial charge in [-0.1, -0.05) is 36.4 Å². The molecule has 2 heterocycles. The molecule has 0 fully saturated rings. The van der Waals surface area contributed by atoms with Crippen LogP contribution in [-0.4, -0.2) is 20.5 Å². The number of aromatic nitrogens is 2. The van der Waals surface area contributed by atoms with E-state index in [0.29, 0.717) is 6.04 Å². The highest BCUT2D eigenvalue weighted by Crippen LogP contribution is 2.26. The Bertz CT molecular complexity index is 796. The lowest BCUT2D eigenvalue weighted by atomic mass is 9.93. The Hall–Kier alpha value is -2.46. The highest BCUT2D eigenvalue weighted by atomic mass is 19.1. The molecule has 3 nitrogen and oxygen atoms in total. The molecule has 122 valence electrons. The average Bonchev–Trinajstić information content (AvgIpc) is 3.10. The van der Waals surface area contributed by atoms with Crippen molar-refractivity contribution in [3.63, 3.8) is 0 Å². The Morgan fingerprint density at radius 1 is 1.04 bits per heavy atom. The topological polar surface area (TPSA) is 21.1 Å². The van der Waals surface area contributed by atoms with Gasteiger partial charge in [-0.05, 0) is 35.2 Å². The van der Waals surface area contributed by atoms with Gasteiger partial charge in [-0.25, -0.2) is 9.37 Å². The number of nitrogens with zero attached hydrogens (tertiary/aromatic N) is 3. The van der Waals surface area contributed by atoms with Crippen LogP contribution in [0, 0.1) is 5.82 Å². The number of imidazole rings is 1. The van der Waals surface area contributed by atoms with Gasteiger partial charge in [0.25, 0.3) is 0 Å². The summed E-state index contributed by atoms with van der Waals surface area (Å²) < 4.78 is 15.3. The molecule has 0 saturated carbocycles. The van der Waals surface area contributed by atoms with E-state index < -0.39 is 0 Å². The third kappa shape index (κ3) is 3.24. The molecule has 1 aliphatic rings. The molecule has 0 radical (unpaired) electrons.